The molecule has 2 saturated heterocycles. The van der Waals surface area contributed by atoms with Crippen LogP contribution in [0.4, 0.5) is 0 Å². The Morgan fingerprint density at radius 3 is 2.81 bits per heavy atom. The van der Waals surface area contributed by atoms with Crippen molar-refractivity contribution in [2.75, 3.05) is 26.3 Å². The van der Waals surface area contributed by atoms with Gasteiger partial charge in [-0.05, 0) is 44.0 Å². The third-order valence-corrected chi connectivity index (χ3v) is 5.41. The predicted octanol–water partition coefficient (Wildman–Crippen LogP) is 2.74. The van der Waals surface area contributed by atoms with Gasteiger partial charge in [-0.3, -0.25) is 9.78 Å². The number of aromatic nitrogens is 1. The van der Waals surface area contributed by atoms with E-state index in [2.05, 4.69) is 4.98 Å². The maximum atomic E-state index is 12.7. The number of carbonyl (C=O) groups excluding carboxylic acids is 1. The van der Waals surface area contributed by atoms with E-state index in [1.54, 1.807) is 12.4 Å². The van der Waals surface area contributed by atoms with Crippen LogP contribution in [0.15, 0.2) is 35.0 Å². The Kier molecular flexibility index (Phi) is 4.54. The maximum absolute atomic E-state index is 12.7. The average Bonchev–Trinajstić information content (AvgIpc) is 3.17. The lowest BCUT2D eigenvalue weighted by atomic mass is 9.81. The highest BCUT2D eigenvalue weighted by Gasteiger charge is 2.54. The number of hydrogen-bond acceptors (Lipinski definition) is 5. The summed E-state index contributed by atoms with van der Waals surface area (Å²) >= 11 is 0. The van der Waals surface area contributed by atoms with E-state index < -0.39 is 0 Å². The Morgan fingerprint density at radius 2 is 2.12 bits per heavy atom. The van der Waals surface area contributed by atoms with Gasteiger partial charge in [0.15, 0.2) is 0 Å². The lowest BCUT2D eigenvalue weighted by Gasteiger charge is -2.50. The van der Waals surface area contributed by atoms with E-state index >= 15 is 0 Å². The highest BCUT2D eigenvalue weighted by molar-refractivity contribution is 5.96. The largest absolute Gasteiger partial charge is 0.466 e. The minimum Gasteiger partial charge on any atom is -0.466 e. The first kappa shape index (κ1) is 17.2. The van der Waals surface area contributed by atoms with Crippen LogP contribution in [0.3, 0.4) is 0 Å². The summed E-state index contributed by atoms with van der Waals surface area (Å²) in [4.78, 5) is 18.5. The Labute approximate surface area is 153 Å². The molecule has 4 rings (SSSR count). The highest BCUT2D eigenvalue weighted by atomic mass is 16.5. The number of pyridine rings is 1. The summed E-state index contributed by atoms with van der Waals surface area (Å²) in [5, 5.41) is 0. The molecule has 0 saturated carbocycles. The van der Waals surface area contributed by atoms with Crippen molar-refractivity contribution in [3.63, 3.8) is 0 Å². The number of ether oxygens (including phenoxy) is 2. The van der Waals surface area contributed by atoms with Crippen LogP contribution in [0.25, 0.3) is 0 Å². The molecule has 0 bridgehead atoms. The molecule has 2 aromatic heterocycles. The summed E-state index contributed by atoms with van der Waals surface area (Å²) in [7, 11) is 0. The fraction of sp³-hybridized carbons (Fsp3) is 0.500. The van der Waals surface area contributed by atoms with E-state index in [1.807, 2.05) is 36.9 Å². The summed E-state index contributed by atoms with van der Waals surface area (Å²) in [6, 6.07) is 5.73. The monoisotopic (exact) mass is 356 g/mol. The van der Waals surface area contributed by atoms with Gasteiger partial charge in [-0.2, -0.15) is 0 Å². The predicted molar refractivity (Wildman–Crippen MR) is 94.8 cm³/mol. The van der Waals surface area contributed by atoms with Gasteiger partial charge in [-0.1, -0.05) is 0 Å². The third kappa shape index (κ3) is 3.15. The molecular formula is C20H24N2O4. The van der Waals surface area contributed by atoms with Gasteiger partial charge in [0.1, 0.15) is 17.1 Å². The highest BCUT2D eigenvalue weighted by Crippen LogP contribution is 2.41. The molecule has 26 heavy (non-hydrogen) atoms. The second-order valence-electron chi connectivity index (χ2n) is 7.26. The van der Waals surface area contributed by atoms with Crippen molar-refractivity contribution in [1.29, 1.82) is 0 Å². The molecule has 0 N–H and O–H groups in total. The molecule has 0 radical (unpaired) electrons. The minimum atomic E-state index is -0.249. The van der Waals surface area contributed by atoms with Crippen LogP contribution in [0.2, 0.25) is 0 Å². The first-order valence-electron chi connectivity index (χ1n) is 9.04. The van der Waals surface area contributed by atoms with E-state index in [4.69, 9.17) is 13.9 Å². The van der Waals surface area contributed by atoms with Gasteiger partial charge in [-0.15, -0.1) is 0 Å². The number of aryl methyl sites for hydroxylation is 2. The number of carbonyl (C=O) groups is 1. The van der Waals surface area contributed by atoms with E-state index in [9.17, 15) is 4.79 Å². The fourth-order valence-electron chi connectivity index (χ4n) is 3.93. The van der Waals surface area contributed by atoms with Crippen LogP contribution in [0.1, 0.15) is 33.9 Å². The number of furan rings is 1. The summed E-state index contributed by atoms with van der Waals surface area (Å²) in [5.74, 6) is 1.79. The van der Waals surface area contributed by atoms with Gasteiger partial charge in [0.25, 0.3) is 5.91 Å². The Morgan fingerprint density at radius 1 is 1.35 bits per heavy atom. The normalized spacial score (nSPS) is 21.2. The minimum absolute atomic E-state index is 0.0249. The molecule has 2 fully saturated rings. The Hall–Kier alpha value is -2.18. The lowest BCUT2D eigenvalue weighted by molar-refractivity contribution is -0.129. The van der Waals surface area contributed by atoms with E-state index in [-0.39, 0.29) is 11.5 Å². The van der Waals surface area contributed by atoms with E-state index in [0.29, 0.717) is 43.5 Å². The summed E-state index contributed by atoms with van der Waals surface area (Å²) in [6.07, 6.45) is 4.52. The SMILES string of the molecule is Cc1cc(C(=O)N2CC3(C2)OCCC3COCc2ccncc2)c(C)o1. The first-order valence-corrected chi connectivity index (χ1v) is 9.04. The average molecular weight is 356 g/mol. The van der Waals surface area contributed by atoms with Gasteiger partial charge < -0.3 is 18.8 Å². The zero-order valence-electron chi connectivity index (χ0n) is 15.2. The van der Waals surface area contributed by atoms with Crippen molar-refractivity contribution in [3.8, 4) is 0 Å². The van der Waals surface area contributed by atoms with Gasteiger partial charge in [0.2, 0.25) is 0 Å². The summed E-state index contributed by atoms with van der Waals surface area (Å²) in [5.41, 5.74) is 1.52. The quantitative estimate of drug-likeness (QED) is 0.824. The van der Waals surface area contributed by atoms with Crippen LogP contribution >= 0.6 is 0 Å². The van der Waals surface area contributed by atoms with Gasteiger partial charge >= 0.3 is 0 Å². The molecule has 2 aliphatic rings. The Bertz CT molecular complexity index is 780. The molecule has 6 nitrogen and oxygen atoms in total. The van der Waals surface area contributed by atoms with Crippen molar-refractivity contribution in [2.45, 2.75) is 32.5 Å². The third-order valence-electron chi connectivity index (χ3n) is 5.41. The molecule has 1 spiro atoms. The molecule has 0 aromatic carbocycles. The van der Waals surface area contributed by atoms with Crippen molar-refractivity contribution in [3.05, 3.63) is 53.2 Å². The number of amides is 1. The first-order chi connectivity index (χ1) is 12.6. The Balaban J connectivity index is 1.33. The summed E-state index contributed by atoms with van der Waals surface area (Å²) in [6.45, 7) is 6.89. The molecule has 1 amide bonds. The smallest absolute Gasteiger partial charge is 0.257 e. The van der Waals surface area contributed by atoms with Crippen molar-refractivity contribution in [1.82, 2.24) is 9.88 Å². The molecule has 0 aliphatic carbocycles. The van der Waals surface area contributed by atoms with Gasteiger partial charge in [0, 0.05) is 24.9 Å². The topological polar surface area (TPSA) is 64.8 Å². The molecule has 138 valence electrons. The fourth-order valence-corrected chi connectivity index (χ4v) is 3.93. The maximum Gasteiger partial charge on any atom is 0.257 e. The van der Waals surface area contributed by atoms with E-state index in [0.717, 1.165) is 24.4 Å². The van der Waals surface area contributed by atoms with Crippen LogP contribution in [-0.4, -0.2) is 47.7 Å². The second kappa shape index (κ2) is 6.85. The lowest BCUT2D eigenvalue weighted by Crippen LogP contribution is -2.66. The van der Waals surface area contributed by atoms with Gasteiger partial charge in [0.05, 0.1) is 31.9 Å². The number of nitrogens with zero attached hydrogens (tertiary/aromatic N) is 2. The molecule has 4 heterocycles. The standard InChI is InChI=1S/C20H24N2O4/c1-14-9-18(15(2)26-14)19(23)22-12-20(13-22)17(5-8-25-20)11-24-10-16-3-6-21-7-4-16/h3-4,6-7,9,17H,5,8,10-13H2,1-2H3. The summed E-state index contributed by atoms with van der Waals surface area (Å²) < 4.78 is 17.4. The number of likely N-dealkylation sites (tertiary alicyclic amines) is 1. The van der Waals surface area contributed by atoms with Crippen molar-refractivity contribution >= 4 is 5.91 Å². The molecule has 2 aromatic rings. The zero-order chi connectivity index (χ0) is 18.1. The van der Waals surface area contributed by atoms with Crippen molar-refractivity contribution < 1.29 is 18.7 Å². The molecule has 1 atom stereocenters. The van der Waals surface area contributed by atoms with Crippen LogP contribution in [0, 0.1) is 19.8 Å². The molecular weight excluding hydrogens is 332 g/mol. The molecule has 2 aliphatic heterocycles. The number of hydrogen-bond donors (Lipinski definition) is 0. The number of rotatable bonds is 5. The van der Waals surface area contributed by atoms with E-state index in [1.165, 1.54) is 0 Å². The van der Waals surface area contributed by atoms with Crippen LogP contribution < -0.4 is 0 Å². The van der Waals surface area contributed by atoms with Crippen LogP contribution in [-0.2, 0) is 16.1 Å². The second-order valence-corrected chi connectivity index (χ2v) is 7.26. The molecule has 1 unspecified atom stereocenters. The zero-order valence-corrected chi connectivity index (χ0v) is 15.2. The van der Waals surface area contributed by atoms with Crippen LogP contribution in [0.5, 0.6) is 0 Å². The van der Waals surface area contributed by atoms with Crippen molar-refractivity contribution in [2.24, 2.45) is 5.92 Å². The molecule has 6 heteroatoms. The van der Waals surface area contributed by atoms with Gasteiger partial charge in [-0.25, -0.2) is 0 Å².